The molecule has 0 aliphatic heterocycles. The number of carbonyl (C=O) groups is 1. The van der Waals surface area contributed by atoms with E-state index in [2.05, 4.69) is 10.6 Å². The van der Waals surface area contributed by atoms with Crippen molar-refractivity contribution in [3.05, 3.63) is 22.1 Å². The first-order valence-electron chi connectivity index (χ1n) is 3.91. The van der Waals surface area contributed by atoms with Gasteiger partial charge < -0.3 is 10.6 Å². The van der Waals surface area contributed by atoms with Crippen LogP contribution in [0.25, 0.3) is 0 Å². The largest absolute Gasteiger partial charge is 0.350 e. The first-order chi connectivity index (χ1) is 6.25. The van der Waals surface area contributed by atoms with Gasteiger partial charge in [-0.1, -0.05) is 0 Å². The molecule has 13 heavy (non-hydrogen) atoms. The van der Waals surface area contributed by atoms with Crippen molar-refractivity contribution in [3.8, 4) is 0 Å². The topological polar surface area (TPSA) is 41.1 Å². The first-order valence-corrected chi connectivity index (χ1v) is 4.79. The maximum atomic E-state index is 12.8. The lowest BCUT2D eigenvalue weighted by molar-refractivity contribution is 0.0954. The van der Waals surface area contributed by atoms with E-state index in [1.165, 1.54) is 6.07 Å². The fourth-order valence-corrected chi connectivity index (χ4v) is 1.52. The zero-order chi connectivity index (χ0) is 9.68. The summed E-state index contributed by atoms with van der Waals surface area (Å²) in [5, 5.41) is 7.03. The molecule has 0 bridgehead atoms. The Hall–Kier alpha value is -0.940. The lowest BCUT2D eigenvalue weighted by Gasteiger charge is -2.01. The van der Waals surface area contributed by atoms with Crippen LogP contribution in [0.2, 0.25) is 0 Å². The Labute approximate surface area is 80.0 Å². The van der Waals surface area contributed by atoms with Crippen LogP contribution in [0.15, 0.2) is 11.4 Å². The number of hydrogen-bond donors (Lipinski definition) is 2. The van der Waals surface area contributed by atoms with E-state index in [0.717, 1.165) is 11.3 Å². The number of halogens is 1. The van der Waals surface area contributed by atoms with Gasteiger partial charge in [-0.25, -0.2) is 4.39 Å². The van der Waals surface area contributed by atoms with E-state index in [0.29, 0.717) is 13.1 Å². The van der Waals surface area contributed by atoms with E-state index in [1.54, 1.807) is 12.4 Å². The van der Waals surface area contributed by atoms with Gasteiger partial charge in [-0.15, -0.1) is 11.3 Å². The van der Waals surface area contributed by atoms with E-state index in [1.807, 2.05) is 0 Å². The number of carbonyl (C=O) groups excluding carboxylic acids is 1. The monoisotopic (exact) mass is 202 g/mol. The van der Waals surface area contributed by atoms with E-state index < -0.39 is 5.82 Å². The molecule has 3 nitrogen and oxygen atoms in total. The van der Waals surface area contributed by atoms with Crippen LogP contribution in [0.1, 0.15) is 9.67 Å². The van der Waals surface area contributed by atoms with E-state index in [-0.39, 0.29) is 10.8 Å². The van der Waals surface area contributed by atoms with Crippen molar-refractivity contribution in [3.63, 3.8) is 0 Å². The van der Waals surface area contributed by atoms with Gasteiger partial charge in [0.1, 0.15) is 10.7 Å². The second-order valence-electron chi connectivity index (χ2n) is 2.46. The molecule has 0 unspecified atom stereocenters. The van der Waals surface area contributed by atoms with Gasteiger partial charge in [-0.3, -0.25) is 4.79 Å². The van der Waals surface area contributed by atoms with Crippen molar-refractivity contribution < 1.29 is 9.18 Å². The highest BCUT2D eigenvalue weighted by molar-refractivity contribution is 7.12. The highest BCUT2D eigenvalue weighted by Gasteiger charge is 2.11. The summed E-state index contributed by atoms with van der Waals surface area (Å²) in [6, 6.07) is 1.29. The van der Waals surface area contributed by atoms with Crippen LogP contribution in [0, 0.1) is 5.82 Å². The molecule has 0 fully saturated rings. The molecule has 0 saturated heterocycles. The molecule has 1 rings (SSSR count). The van der Waals surface area contributed by atoms with Gasteiger partial charge in [-0.2, -0.15) is 0 Å². The third-order valence-electron chi connectivity index (χ3n) is 1.48. The van der Waals surface area contributed by atoms with Gasteiger partial charge in [0, 0.05) is 13.1 Å². The quantitative estimate of drug-likeness (QED) is 0.710. The third-order valence-corrected chi connectivity index (χ3v) is 2.37. The molecular weight excluding hydrogens is 191 g/mol. The maximum absolute atomic E-state index is 12.8. The number of nitrogens with one attached hydrogen (secondary N) is 2. The van der Waals surface area contributed by atoms with Gasteiger partial charge in [0.15, 0.2) is 0 Å². The number of hydrogen-bond acceptors (Lipinski definition) is 3. The average Bonchev–Trinajstić information content (AvgIpc) is 2.52. The summed E-state index contributed by atoms with van der Waals surface area (Å²) in [6.07, 6.45) is 0. The summed E-state index contributed by atoms with van der Waals surface area (Å²) in [5.74, 6) is -0.797. The van der Waals surface area contributed by atoms with Gasteiger partial charge in [0.05, 0.1) is 0 Å². The lowest BCUT2D eigenvalue weighted by Crippen LogP contribution is -2.30. The van der Waals surface area contributed by atoms with Crippen molar-refractivity contribution in [2.75, 3.05) is 20.1 Å². The average molecular weight is 202 g/mol. The minimum absolute atomic E-state index is 0.149. The van der Waals surface area contributed by atoms with Crippen molar-refractivity contribution in [1.29, 1.82) is 0 Å². The van der Waals surface area contributed by atoms with Crippen molar-refractivity contribution in [2.24, 2.45) is 0 Å². The number of rotatable bonds is 4. The molecule has 0 saturated carbocycles. The Bertz CT molecular complexity index is 287. The molecule has 1 aromatic heterocycles. The Morgan fingerprint density at radius 1 is 1.62 bits per heavy atom. The van der Waals surface area contributed by atoms with Gasteiger partial charge in [0.2, 0.25) is 0 Å². The third kappa shape index (κ3) is 2.78. The smallest absolute Gasteiger partial charge is 0.264 e. The summed E-state index contributed by atoms with van der Waals surface area (Å²) in [5.41, 5.74) is 0. The zero-order valence-electron chi connectivity index (χ0n) is 7.26. The molecule has 0 aliphatic rings. The summed E-state index contributed by atoms with van der Waals surface area (Å²) in [6.45, 7) is 1.19. The minimum atomic E-state index is -0.452. The molecule has 72 valence electrons. The first kappa shape index (κ1) is 10.1. The summed E-state index contributed by atoms with van der Waals surface area (Å²) < 4.78 is 12.8. The normalized spacial score (nSPS) is 10.0. The molecule has 0 aliphatic carbocycles. The molecule has 1 aromatic rings. The van der Waals surface area contributed by atoms with Crippen LogP contribution in [0.5, 0.6) is 0 Å². The predicted octanol–water partition coefficient (Wildman–Crippen LogP) is 0.836. The summed E-state index contributed by atoms with van der Waals surface area (Å²) in [4.78, 5) is 11.4. The van der Waals surface area contributed by atoms with Crippen LogP contribution in [-0.2, 0) is 0 Å². The van der Waals surface area contributed by atoms with Crippen LogP contribution >= 0.6 is 11.3 Å². The van der Waals surface area contributed by atoms with E-state index in [4.69, 9.17) is 0 Å². The van der Waals surface area contributed by atoms with Crippen molar-refractivity contribution in [1.82, 2.24) is 10.6 Å². The van der Waals surface area contributed by atoms with Crippen LogP contribution in [0.4, 0.5) is 4.39 Å². The molecule has 0 radical (unpaired) electrons. The van der Waals surface area contributed by atoms with Gasteiger partial charge in [0.25, 0.3) is 5.91 Å². The van der Waals surface area contributed by atoms with Crippen molar-refractivity contribution in [2.45, 2.75) is 0 Å². The Kier molecular flexibility index (Phi) is 3.85. The number of amides is 1. The van der Waals surface area contributed by atoms with E-state index >= 15 is 0 Å². The Morgan fingerprint density at radius 2 is 2.38 bits per heavy atom. The lowest BCUT2D eigenvalue weighted by atomic mass is 10.4. The van der Waals surface area contributed by atoms with E-state index in [9.17, 15) is 9.18 Å². The molecular formula is C8H11FN2OS. The second-order valence-corrected chi connectivity index (χ2v) is 3.37. The SMILES string of the molecule is CNCCNC(=O)c1sccc1F. The van der Waals surface area contributed by atoms with Crippen LogP contribution in [0.3, 0.4) is 0 Å². The predicted molar refractivity (Wildman–Crippen MR) is 50.5 cm³/mol. The summed E-state index contributed by atoms with van der Waals surface area (Å²) >= 11 is 1.11. The molecule has 0 spiro atoms. The molecule has 0 atom stereocenters. The minimum Gasteiger partial charge on any atom is -0.350 e. The Balaban J connectivity index is 2.45. The standard InChI is InChI=1S/C8H11FN2OS/c1-10-3-4-11-8(12)7-6(9)2-5-13-7/h2,5,10H,3-4H2,1H3,(H,11,12). The fraction of sp³-hybridized carbons (Fsp3) is 0.375. The highest BCUT2D eigenvalue weighted by atomic mass is 32.1. The van der Waals surface area contributed by atoms with Crippen molar-refractivity contribution >= 4 is 17.2 Å². The molecule has 5 heteroatoms. The Morgan fingerprint density at radius 3 is 2.92 bits per heavy atom. The fourth-order valence-electron chi connectivity index (χ4n) is 0.837. The summed E-state index contributed by atoms with van der Waals surface area (Å²) in [7, 11) is 1.79. The van der Waals surface area contributed by atoms with Crippen LogP contribution in [-0.4, -0.2) is 26.0 Å². The molecule has 1 heterocycles. The molecule has 2 N–H and O–H groups in total. The molecule has 1 amide bonds. The number of thiophene rings is 1. The maximum Gasteiger partial charge on any atom is 0.264 e. The van der Waals surface area contributed by atoms with Gasteiger partial charge >= 0.3 is 0 Å². The molecule has 0 aromatic carbocycles. The zero-order valence-corrected chi connectivity index (χ0v) is 8.08. The second kappa shape index (κ2) is 4.94. The van der Waals surface area contributed by atoms with Crippen LogP contribution < -0.4 is 10.6 Å². The highest BCUT2D eigenvalue weighted by Crippen LogP contribution is 2.13. The number of likely N-dealkylation sites (N-methyl/N-ethyl adjacent to an activating group) is 1. The van der Waals surface area contributed by atoms with Gasteiger partial charge in [-0.05, 0) is 18.5 Å².